The summed E-state index contributed by atoms with van der Waals surface area (Å²) >= 11 is 0. The number of carbonyl (C=O) groups is 2. The zero-order valence-electron chi connectivity index (χ0n) is 17.5. The van der Waals surface area contributed by atoms with Gasteiger partial charge in [-0.1, -0.05) is 43.2 Å². The van der Waals surface area contributed by atoms with Crippen LogP contribution >= 0.6 is 0 Å². The highest BCUT2D eigenvalue weighted by atomic mass is 16.5. The number of benzene rings is 2. The van der Waals surface area contributed by atoms with Gasteiger partial charge in [0.25, 0.3) is 0 Å². The van der Waals surface area contributed by atoms with E-state index in [-0.39, 0.29) is 11.9 Å². The molecule has 0 unspecified atom stereocenters. The van der Waals surface area contributed by atoms with Crippen LogP contribution in [0.25, 0.3) is 0 Å². The first-order chi connectivity index (χ1) is 14.6. The lowest BCUT2D eigenvalue weighted by atomic mass is 9.96. The van der Waals surface area contributed by atoms with Gasteiger partial charge in [-0.3, -0.25) is 4.79 Å². The summed E-state index contributed by atoms with van der Waals surface area (Å²) in [5.41, 5.74) is 0.956. The van der Waals surface area contributed by atoms with Crippen molar-refractivity contribution in [3.05, 3.63) is 59.7 Å². The number of rotatable bonds is 8. The molecule has 0 radical (unpaired) electrons. The Hall–Kier alpha value is -3.22. The third kappa shape index (κ3) is 5.23. The molecule has 0 bridgehead atoms. The maximum atomic E-state index is 13.1. The Morgan fingerprint density at radius 3 is 2.33 bits per heavy atom. The molecule has 0 aliphatic heterocycles. The molecule has 1 aliphatic rings. The highest BCUT2D eigenvalue weighted by Crippen LogP contribution is 2.30. The van der Waals surface area contributed by atoms with E-state index in [1.165, 1.54) is 0 Å². The van der Waals surface area contributed by atoms with Gasteiger partial charge in [0, 0.05) is 24.7 Å². The van der Waals surface area contributed by atoms with Crippen molar-refractivity contribution in [3.63, 3.8) is 0 Å². The van der Waals surface area contributed by atoms with Crippen LogP contribution in [0.5, 0.6) is 11.5 Å². The van der Waals surface area contributed by atoms with Crippen molar-refractivity contribution in [2.45, 2.75) is 44.3 Å². The van der Waals surface area contributed by atoms with Crippen LogP contribution in [0.3, 0.4) is 0 Å². The summed E-state index contributed by atoms with van der Waals surface area (Å²) in [7, 11) is 3.17. The molecule has 0 spiro atoms. The molecule has 3 amide bonds. The number of hydrogen-bond acceptors (Lipinski definition) is 4. The number of ether oxygens (including phenoxy) is 2. The molecule has 3 rings (SSSR count). The van der Waals surface area contributed by atoms with Crippen molar-refractivity contribution in [2.24, 2.45) is 0 Å². The second-order valence-electron chi connectivity index (χ2n) is 7.44. The quantitative estimate of drug-likeness (QED) is 0.623. The molecule has 0 aromatic heterocycles. The lowest BCUT2D eigenvalue weighted by Crippen LogP contribution is -2.59. The highest BCUT2D eigenvalue weighted by Gasteiger charge is 2.42. The molecule has 2 aromatic rings. The Morgan fingerprint density at radius 2 is 1.67 bits per heavy atom. The van der Waals surface area contributed by atoms with Crippen LogP contribution in [-0.2, 0) is 17.9 Å². The van der Waals surface area contributed by atoms with Crippen molar-refractivity contribution in [1.82, 2.24) is 16.0 Å². The molecule has 7 nitrogen and oxygen atoms in total. The molecule has 160 valence electrons. The highest BCUT2D eigenvalue weighted by molar-refractivity contribution is 5.91. The van der Waals surface area contributed by atoms with E-state index in [9.17, 15) is 9.59 Å². The summed E-state index contributed by atoms with van der Waals surface area (Å²) in [6.45, 7) is 0.717. The Kier molecular flexibility index (Phi) is 7.17. The van der Waals surface area contributed by atoms with E-state index in [2.05, 4.69) is 16.0 Å². The van der Waals surface area contributed by atoms with Crippen molar-refractivity contribution in [2.75, 3.05) is 14.2 Å². The van der Waals surface area contributed by atoms with E-state index < -0.39 is 5.54 Å². The Bertz CT molecular complexity index is 864. The first-order valence-electron chi connectivity index (χ1n) is 10.2. The normalized spacial score (nSPS) is 14.6. The average molecular weight is 412 g/mol. The van der Waals surface area contributed by atoms with Gasteiger partial charge in [-0.2, -0.15) is 0 Å². The number of urea groups is 1. The van der Waals surface area contributed by atoms with E-state index in [0.29, 0.717) is 37.4 Å². The summed E-state index contributed by atoms with van der Waals surface area (Å²) in [4.78, 5) is 25.5. The SMILES string of the molecule is COc1ccc(CNC(=O)C2(NC(=O)NCc3ccccc3)CCCC2)c(OC)c1. The van der Waals surface area contributed by atoms with Crippen molar-refractivity contribution >= 4 is 11.9 Å². The van der Waals surface area contributed by atoms with Gasteiger partial charge in [0.2, 0.25) is 5.91 Å². The molecule has 1 fully saturated rings. The molecule has 1 saturated carbocycles. The first kappa shape index (κ1) is 21.5. The number of amides is 3. The van der Waals surface area contributed by atoms with E-state index in [1.54, 1.807) is 20.3 Å². The first-order valence-corrected chi connectivity index (χ1v) is 10.2. The monoisotopic (exact) mass is 411 g/mol. The minimum Gasteiger partial charge on any atom is -0.497 e. The Morgan fingerprint density at radius 1 is 0.933 bits per heavy atom. The van der Waals surface area contributed by atoms with Gasteiger partial charge in [-0.25, -0.2) is 4.79 Å². The van der Waals surface area contributed by atoms with E-state index in [0.717, 1.165) is 24.0 Å². The summed E-state index contributed by atoms with van der Waals surface area (Å²) < 4.78 is 10.6. The van der Waals surface area contributed by atoms with Gasteiger partial charge in [0.05, 0.1) is 14.2 Å². The number of nitrogens with one attached hydrogen (secondary N) is 3. The van der Waals surface area contributed by atoms with Crippen LogP contribution < -0.4 is 25.4 Å². The minimum absolute atomic E-state index is 0.173. The van der Waals surface area contributed by atoms with Crippen LogP contribution in [0.1, 0.15) is 36.8 Å². The van der Waals surface area contributed by atoms with Gasteiger partial charge in [-0.05, 0) is 30.5 Å². The second kappa shape index (κ2) is 10.0. The molecule has 1 aliphatic carbocycles. The van der Waals surface area contributed by atoms with Gasteiger partial charge in [-0.15, -0.1) is 0 Å². The molecule has 0 heterocycles. The van der Waals surface area contributed by atoms with Crippen molar-refractivity contribution in [3.8, 4) is 11.5 Å². The second-order valence-corrected chi connectivity index (χ2v) is 7.44. The molecular weight excluding hydrogens is 382 g/mol. The molecule has 0 atom stereocenters. The van der Waals surface area contributed by atoms with Crippen LogP contribution in [0.2, 0.25) is 0 Å². The maximum absolute atomic E-state index is 13.1. The van der Waals surface area contributed by atoms with Gasteiger partial charge in [0.1, 0.15) is 17.0 Å². The maximum Gasteiger partial charge on any atom is 0.315 e. The van der Waals surface area contributed by atoms with E-state index >= 15 is 0 Å². The molecule has 7 heteroatoms. The zero-order valence-corrected chi connectivity index (χ0v) is 17.5. The van der Waals surface area contributed by atoms with Gasteiger partial charge < -0.3 is 25.4 Å². The third-order valence-corrected chi connectivity index (χ3v) is 5.47. The molecule has 0 saturated heterocycles. The molecular formula is C23H29N3O4. The van der Waals surface area contributed by atoms with Gasteiger partial charge in [0.15, 0.2) is 0 Å². The minimum atomic E-state index is -0.888. The van der Waals surface area contributed by atoms with Crippen LogP contribution in [0.15, 0.2) is 48.5 Å². The lowest BCUT2D eigenvalue weighted by molar-refractivity contribution is -0.127. The molecule has 3 N–H and O–H groups in total. The van der Waals surface area contributed by atoms with Crippen molar-refractivity contribution < 1.29 is 19.1 Å². The average Bonchev–Trinajstić information content (AvgIpc) is 3.26. The lowest BCUT2D eigenvalue weighted by Gasteiger charge is -2.29. The Labute approximate surface area is 177 Å². The predicted octanol–water partition coefficient (Wildman–Crippen LogP) is 3.13. The zero-order chi connectivity index (χ0) is 21.4. The Balaban J connectivity index is 1.60. The van der Waals surface area contributed by atoms with Crippen molar-refractivity contribution in [1.29, 1.82) is 0 Å². The number of hydrogen-bond donors (Lipinski definition) is 3. The molecule has 30 heavy (non-hydrogen) atoms. The fraction of sp³-hybridized carbons (Fsp3) is 0.391. The number of methoxy groups -OCH3 is 2. The van der Waals surface area contributed by atoms with Crippen LogP contribution in [0.4, 0.5) is 4.79 Å². The molecule has 2 aromatic carbocycles. The summed E-state index contributed by atoms with van der Waals surface area (Å²) in [6.07, 6.45) is 3.05. The van der Waals surface area contributed by atoms with Gasteiger partial charge >= 0.3 is 6.03 Å². The smallest absolute Gasteiger partial charge is 0.315 e. The summed E-state index contributed by atoms with van der Waals surface area (Å²) in [6, 6.07) is 14.8. The number of carbonyl (C=O) groups excluding carboxylic acids is 2. The van der Waals surface area contributed by atoms with Crippen LogP contribution in [0, 0.1) is 0 Å². The standard InChI is InChI=1S/C23H29N3O4/c1-29-19-11-10-18(20(14-19)30-2)16-24-21(27)23(12-6-7-13-23)26-22(28)25-15-17-8-4-3-5-9-17/h3-5,8-11,14H,6-7,12-13,15-16H2,1-2H3,(H,24,27)(H2,25,26,28). The third-order valence-electron chi connectivity index (χ3n) is 5.47. The van der Waals surface area contributed by atoms with E-state index in [4.69, 9.17) is 9.47 Å². The summed E-state index contributed by atoms with van der Waals surface area (Å²) in [5, 5.41) is 8.75. The summed E-state index contributed by atoms with van der Waals surface area (Å²) in [5.74, 6) is 1.15. The fourth-order valence-corrected chi connectivity index (χ4v) is 3.77. The van der Waals surface area contributed by atoms with Crippen LogP contribution in [-0.4, -0.2) is 31.7 Å². The fourth-order valence-electron chi connectivity index (χ4n) is 3.77. The topological polar surface area (TPSA) is 88.7 Å². The predicted molar refractivity (Wildman–Crippen MR) is 114 cm³/mol. The largest absolute Gasteiger partial charge is 0.497 e. The van der Waals surface area contributed by atoms with E-state index in [1.807, 2.05) is 42.5 Å².